The normalized spacial score (nSPS) is 17.6. The van der Waals surface area contributed by atoms with Gasteiger partial charge in [-0.2, -0.15) is 5.26 Å². The molecular weight excluding hydrogens is 942 g/mol. The summed E-state index contributed by atoms with van der Waals surface area (Å²) in [4.78, 5) is 29.1. The fourth-order valence-corrected chi connectivity index (χ4v) is 12.1. The molecule has 0 amide bonds. The molecule has 1 fully saturated rings. The molecule has 3 heterocycles. The molecule has 1 saturated heterocycles. The molecular formula is C57H56N7O8P. The Morgan fingerprint density at radius 1 is 0.767 bits per heavy atom. The Morgan fingerprint density at radius 3 is 2.00 bits per heavy atom. The second-order valence-electron chi connectivity index (χ2n) is 18.6. The van der Waals surface area contributed by atoms with E-state index in [0.29, 0.717) is 17.2 Å². The standard InChI is InChI=1S/C57H56N7O8P/c1-36(2)64(37(3)4)73(70-33-11-31-58)72-54-49(35-69-57(41-14-8-7-9-15-41,42-20-24-44(67-5)25-21-42)43-22-26-45(68-6)27-23-43)71-55(62-32-30-50(65)59-56(62)66)53(54)63-34-48(60-61-63)46-28-18-40-17-16-38-12-10-13-39-19-29-47(46)52(40)51(38)39/h7-10,12-30,32,34,36-37,49,53-55H,11,33,35H2,1-6H3,(H,59,65,66)/t49-,53-,54-,55-,73?/m1/s1. The van der Waals surface area contributed by atoms with Crippen molar-refractivity contribution in [3.8, 4) is 28.8 Å². The van der Waals surface area contributed by atoms with Crippen LogP contribution in [0.2, 0.25) is 0 Å². The van der Waals surface area contributed by atoms with Crippen molar-refractivity contribution in [3.05, 3.63) is 189 Å². The summed E-state index contributed by atoms with van der Waals surface area (Å²) in [6.07, 6.45) is 0.368. The van der Waals surface area contributed by atoms with Crippen molar-refractivity contribution < 1.29 is 28.0 Å². The minimum atomic E-state index is -1.92. The Hall–Kier alpha value is -7.28. The number of nitrogens with zero attached hydrogens (tertiary/aromatic N) is 6. The summed E-state index contributed by atoms with van der Waals surface area (Å²) >= 11 is 0. The first-order valence-corrected chi connectivity index (χ1v) is 25.4. The maximum atomic E-state index is 14.0. The molecule has 7 aromatic carbocycles. The van der Waals surface area contributed by atoms with E-state index in [4.69, 9.17) is 38.3 Å². The number of hydrogen-bond donors (Lipinski definition) is 1. The highest BCUT2D eigenvalue weighted by Crippen LogP contribution is 2.53. The fraction of sp³-hybridized carbons (Fsp3) is 0.281. The van der Waals surface area contributed by atoms with E-state index in [9.17, 15) is 14.9 Å². The molecule has 0 saturated carbocycles. The van der Waals surface area contributed by atoms with E-state index in [1.807, 2.05) is 85.1 Å². The molecule has 0 bridgehead atoms. The van der Waals surface area contributed by atoms with Crippen LogP contribution in [-0.2, 0) is 24.1 Å². The number of nitriles is 1. The summed E-state index contributed by atoms with van der Waals surface area (Å²) in [5, 5.41) is 26.1. The van der Waals surface area contributed by atoms with Crippen LogP contribution in [0, 0.1) is 11.3 Å². The van der Waals surface area contributed by atoms with Crippen molar-refractivity contribution in [2.24, 2.45) is 0 Å². The van der Waals surface area contributed by atoms with Crippen molar-refractivity contribution in [1.82, 2.24) is 29.2 Å². The third-order valence-electron chi connectivity index (χ3n) is 13.6. The first-order valence-electron chi connectivity index (χ1n) is 24.3. The Bertz CT molecular complexity index is 3430. The van der Waals surface area contributed by atoms with E-state index in [1.165, 1.54) is 22.2 Å². The topological polar surface area (TPSA) is 168 Å². The lowest BCUT2D eigenvalue weighted by Gasteiger charge is -2.39. The van der Waals surface area contributed by atoms with Gasteiger partial charge in [-0.15, -0.1) is 5.10 Å². The van der Waals surface area contributed by atoms with Gasteiger partial charge in [0.1, 0.15) is 41.0 Å². The third-order valence-corrected chi connectivity index (χ3v) is 15.7. The summed E-state index contributed by atoms with van der Waals surface area (Å²) in [6, 6.07) is 46.9. The average molecular weight is 998 g/mol. The summed E-state index contributed by atoms with van der Waals surface area (Å²) in [5.41, 5.74) is 1.36. The Balaban J connectivity index is 1.15. The molecule has 16 heteroatoms. The zero-order valence-corrected chi connectivity index (χ0v) is 42.3. The van der Waals surface area contributed by atoms with Crippen LogP contribution in [0.1, 0.15) is 63.1 Å². The lowest BCUT2D eigenvalue weighted by molar-refractivity contribution is -0.0932. The van der Waals surface area contributed by atoms with Crippen LogP contribution in [-0.4, -0.2) is 80.9 Å². The largest absolute Gasteiger partial charge is 0.497 e. The monoisotopic (exact) mass is 997 g/mol. The van der Waals surface area contributed by atoms with Crippen molar-refractivity contribution in [2.45, 2.75) is 76.3 Å². The summed E-state index contributed by atoms with van der Waals surface area (Å²) < 4.78 is 45.1. The Kier molecular flexibility index (Phi) is 14.2. The van der Waals surface area contributed by atoms with Gasteiger partial charge in [0, 0.05) is 29.9 Å². The maximum absolute atomic E-state index is 14.0. The first-order chi connectivity index (χ1) is 35.5. The van der Waals surface area contributed by atoms with Gasteiger partial charge in [0.05, 0.1) is 46.1 Å². The lowest BCUT2D eigenvalue weighted by atomic mass is 9.80. The van der Waals surface area contributed by atoms with Gasteiger partial charge in [-0.05, 0) is 101 Å². The molecule has 0 radical (unpaired) electrons. The molecule has 9 aromatic rings. The molecule has 372 valence electrons. The number of aromatic amines is 1. The van der Waals surface area contributed by atoms with Crippen LogP contribution in [0.5, 0.6) is 11.5 Å². The Labute approximate surface area is 423 Å². The Morgan fingerprint density at radius 2 is 1.38 bits per heavy atom. The van der Waals surface area contributed by atoms with Crippen LogP contribution in [0.3, 0.4) is 0 Å². The smallest absolute Gasteiger partial charge is 0.330 e. The number of ether oxygens (including phenoxy) is 4. The minimum Gasteiger partial charge on any atom is -0.497 e. The maximum Gasteiger partial charge on any atom is 0.330 e. The van der Waals surface area contributed by atoms with Gasteiger partial charge < -0.3 is 28.0 Å². The van der Waals surface area contributed by atoms with E-state index in [0.717, 1.165) is 49.2 Å². The molecule has 1 aliphatic heterocycles. The lowest BCUT2D eigenvalue weighted by Crippen LogP contribution is -2.41. The van der Waals surface area contributed by atoms with E-state index in [1.54, 1.807) is 18.9 Å². The molecule has 15 nitrogen and oxygen atoms in total. The van der Waals surface area contributed by atoms with Crippen LogP contribution in [0.4, 0.5) is 0 Å². The van der Waals surface area contributed by atoms with Crippen LogP contribution >= 0.6 is 8.53 Å². The molecule has 5 atom stereocenters. The zero-order chi connectivity index (χ0) is 50.8. The molecule has 1 unspecified atom stereocenters. The summed E-state index contributed by atoms with van der Waals surface area (Å²) in [5.74, 6) is 1.34. The van der Waals surface area contributed by atoms with E-state index >= 15 is 0 Å². The molecule has 1 aliphatic rings. The summed E-state index contributed by atoms with van der Waals surface area (Å²) in [7, 11) is 1.33. The number of methoxy groups -OCH3 is 2. The predicted molar refractivity (Wildman–Crippen MR) is 282 cm³/mol. The van der Waals surface area contributed by atoms with Gasteiger partial charge in [0.15, 0.2) is 6.23 Å². The average Bonchev–Trinajstić information content (AvgIpc) is 4.03. The highest BCUT2D eigenvalue weighted by atomic mass is 31.2. The number of rotatable bonds is 19. The highest BCUT2D eigenvalue weighted by Gasteiger charge is 2.52. The van der Waals surface area contributed by atoms with E-state index in [-0.39, 0.29) is 31.7 Å². The molecule has 1 N–H and O–H groups in total. The van der Waals surface area contributed by atoms with E-state index < -0.39 is 49.9 Å². The number of benzene rings is 7. The van der Waals surface area contributed by atoms with Gasteiger partial charge in [0.2, 0.25) is 0 Å². The van der Waals surface area contributed by atoms with Gasteiger partial charge in [-0.3, -0.25) is 14.3 Å². The fourth-order valence-electron chi connectivity index (χ4n) is 10.3. The van der Waals surface area contributed by atoms with Crippen LogP contribution in [0.15, 0.2) is 162 Å². The number of nitrogens with one attached hydrogen (secondary N) is 1. The van der Waals surface area contributed by atoms with Crippen molar-refractivity contribution in [2.75, 3.05) is 27.4 Å². The quantitative estimate of drug-likeness (QED) is 0.0353. The molecule has 0 aliphatic carbocycles. The SMILES string of the molecule is COc1ccc(C(OC[C@H]2O[C@@H](n3ccc(=O)[nH]c3=O)[C@H](n3cc(-c4ccc5ccc6cccc7ccc4c5c67)nn3)[C@@H]2OP(OCCC#N)N(C(C)C)C(C)C)(c2ccccc2)c2ccc(OC)cc2)cc1. The number of hydrogen-bond acceptors (Lipinski definition) is 12. The second kappa shape index (κ2) is 21.1. The highest BCUT2D eigenvalue weighted by molar-refractivity contribution is 7.44. The molecule has 10 rings (SSSR count). The van der Waals surface area contributed by atoms with Gasteiger partial charge >= 0.3 is 5.69 Å². The molecule has 0 spiro atoms. The molecule has 73 heavy (non-hydrogen) atoms. The van der Waals surface area contributed by atoms with Crippen LogP contribution in [0.25, 0.3) is 43.6 Å². The minimum absolute atomic E-state index is 0.0512. The van der Waals surface area contributed by atoms with Crippen molar-refractivity contribution >= 4 is 40.8 Å². The van der Waals surface area contributed by atoms with Gasteiger partial charge in [0.25, 0.3) is 14.1 Å². The second-order valence-corrected chi connectivity index (χ2v) is 20.0. The van der Waals surface area contributed by atoms with Gasteiger partial charge in [-0.25, -0.2) is 14.1 Å². The summed E-state index contributed by atoms with van der Waals surface area (Å²) in [6.45, 7) is 8.26. The van der Waals surface area contributed by atoms with Gasteiger partial charge in [-0.1, -0.05) is 114 Å². The molecule has 2 aromatic heterocycles. The first kappa shape index (κ1) is 49.3. The van der Waals surface area contributed by atoms with Crippen molar-refractivity contribution in [1.29, 1.82) is 5.26 Å². The third kappa shape index (κ3) is 9.38. The number of aromatic nitrogens is 5. The predicted octanol–water partition coefficient (Wildman–Crippen LogP) is 10.5. The van der Waals surface area contributed by atoms with Crippen LogP contribution < -0.4 is 20.7 Å². The van der Waals surface area contributed by atoms with E-state index in [2.05, 4.69) is 98.0 Å². The number of H-pyrrole nitrogens is 1. The van der Waals surface area contributed by atoms with Crippen molar-refractivity contribution in [3.63, 3.8) is 0 Å². The zero-order valence-electron chi connectivity index (χ0n) is 41.4.